The number of hydrogen-bond donors (Lipinski definition) is 14. The fourth-order valence-corrected chi connectivity index (χ4v) is 4.21. The second-order valence-electron chi connectivity index (χ2n) is 11.4. The first kappa shape index (κ1) is 42.8. The standard InChI is InChI=1S/C27H50N12O9/c1-13(2)11-17(39-24(46)18(12-19(29)40)38-21(43)14(28)5-3-9-34-26(30)31)23(45)36-15(6-4-10-35-27(32)33)22(44)37-16(25(47)48)7-8-20(41)42/h13-18H,3-12,28H2,1-2H3,(H2,29,40)(H,36,45)(H,37,44)(H,38,43)(H,39,46)(H,41,42)(H,47,48)(H4,30,31,34)(H4,32,33,35)/t14-,15-,16-,17-,18-/m0/s1. The molecule has 272 valence electrons. The van der Waals surface area contributed by atoms with Gasteiger partial charge in [-0.2, -0.15) is 0 Å². The number of carbonyl (C=O) groups excluding carboxylic acids is 5. The Kier molecular flexibility index (Phi) is 19.9. The summed E-state index contributed by atoms with van der Waals surface area (Å²) in [5, 5.41) is 47.4. The summed E-state index contributed by atoms with van der Waals surface area (Å²) in [5.74, 6) is -8.03. The highest BCUT2D eigenvalue weighted by atomic mass is 16.4. The third-order valence-electron chi connectivity index (χ3n) is 6.60. The molecule has 0 unspecified atom stereocenters. The Hall–Kier alpha value is -5.21. The SMILES string of the molecule is CC(C)C[C@H](NC(=O)[C@H](CC(N)=O)NC(=O)[C@@H](N)CCCNC(=N)N)C(=O)N[C@@H](CCCNC(=N)N)C(=O)N[C@@H](CCC(=O)O)C(=O)O. The molecule has 0 aliphatic carbocycles. The van der Waals surface area contributed by atoms with Crippen LogP contribution in [0.3, 0.4) is 0 Å². The number of hydrogen-bond acceptors (Lipinski definition) is 10. The van der Waals surface area contributed by atoms with Gasteiger partial charge < -0.3 is 65.0 Å². The van der Waals surface area contributed by atoms with Crippen molar-refractivity contribution < 1.29 is 43.8 Å². The maximum atomic E-state index is 13.5. The van der Waals surface area contributed by atoms with Gasteiger partial charge in [0.15, 0.2) is 11.9 Å². The third kappa shape index (κ3) is 19.3. The van der Waals surface area contributed by atoms with Gasteiger partial charge in [-0.3, -0.25) is 39.6 Å². The Morgan fingerprint density at radius 2 is 1.10 bits per heavy atom. The average molecular weight is 687 g/mol. The lowest BCUT2D eigenvalue weighted by Gasteiger charge is -2.27. The first-order chi connectivity index (χ1) is 22.3. The van der Waals surface area contributed by atoms with E-state index in [2.05, 4.69) is 31.9 Å². The summed E-state index contributed by atoms with van der Waals surface area (Å²) in [5.41, 5.74) is 21.7. The van der Waals surface area contributed by atoms with Crippen LogP contribution >= 0.6 is 0 Å². The predicted octanol–water partition coefficient (Wildman–Crippen LogP) is -4.35. The lowest BCUT2D eigenvalue weighted by atomic mass is 10.0. The Labute approximate surface area is 277 Å². The molecule has 48 heavy (non-hydrogen) atoms. The zero-order chi connectivity index (χ0) is 37.0. The fourth-order valence-electron chi connectivity index (χ4n) is 4.21. The molecule has 0 aliphatic heterocycles. The summed E-state index contributed by atoms with van der Waals surface area (Å²) in [4.78, 5) is 86.9. The number of nitrogens with two attached hydrogens (primary N) is 4. The third-order valence-corrected chi connectivity index (χ3v) is 6.60. The number of amides is 5. The van der Waals surface area contributed by atoms with E-state index in [1.807, 2.05) is 0 Å². The van der Waals surface area contributed by atoms with Crippen molar-refractivity contribution in [2.24, 2.45) is 28.9 Å². The predicted molar refractivity (Wildman–Crippen MR) is 172 cm³/mol. The molecule has 0 aromatic carbocycles. The summed E-state index contributed by atoms with van der Waals surface area (Å²) in [7, 11) is 0. The number of carbonyl (C=O) groups is 7. The van der Waals surface area contributed by atoms with E-state index in [4.69, 9.17) is 38.9 Å². The molecular weight excluding hydrogens is 636 g/mol. The molecule has 21 heteroatoms. The van der Waals surface area contributed by atoms with Crippen LogP contribution in [0.15, 0.2) is 0 Å². The van der Waals surface area contributed by atoms with Crippen LogP contribution in [0.1, 0.15) is 65.2 Å². The highest BCUT2D eigenvalue weighted by molar-refractivity contribution is 5.97. The van der Waals surface area contributed by atoms with Crippen molar-refractivity contribution in [1.29, 1.82) is 10.8 Å². The van der Waals surface area contributed by atoms with Crippen molar-refractivity contribution in [2.75, 3.05) is 13.1 Å². The molecule has 5 amide bonds. The molecule has 0 aliphatic rings. The quantitative estimate of drug-likeness (QED) is 0.0259. The van der Waals surface area contributed by atoms with Gasteiger partial charge in [0.05, 0.1) is 12.5 Å². The second kappa shape index (κ2) is 22.3. The first-order valence-corrected chi connectivity index (χ1v) is 15.2. The van der Waals surface area contributed by atoms with Gasteiger partial charge >= 0.3 is 11.9 Å². The van der Waals surface area contributed by atoms with Crippen molar-refractivity contribution in [3.8, 4) is 0 Å². The summed E-state index contributed by atoms with van der Waals surface area (Å²) < 4.78 is 0. The zero-order valence-electron chi connectivity index (χ0n) is 27.1. The number of aliphatic carboxylic acids is 2. The molecule has 5 atom stereocenters. The van der Waals surface area contributed by atoms with Crippen LogP contribution in [-0.2, 0) is 33.6 Å². The molecule has 21 nitrogen and oxygen atoms in total. The van der Waals surface area contributed by atoms with E-state index in [9.17, 15) is 38.7 Å². The van der Waals surface area contributed by atoms with Gasteiger partial charge in [0.2, 0.25) is 29.5 Å². The van der Waals surface area contributed by atoms with E-state index in [1.165, 1.54) is 0 Å². The van der Waals surface area contributed by atoms with Crippen LogP contribution in [0, 0.1) is 16.7 Å². The van der Waals surface area contributed by atoms with Gasteiger partial charge in [0, 0.05) is 19.5 Å². The minimum absolute atomic E-state index is 0.0358. The molecular formula is C27H50N12O9. The van der Waals surface area contributed by atoms with Crippen molar-refractivity contribution >= 4 is 53.4 Å². The summed E-state index contributed by atoms with van der Waals surface area (Å²) in [6.07, 6.45) is -0.994. The molecule has 0 aromatic rings. The van der Waals surface area contributed by atoms with Gasteiger partial charge in [0.1, 0.15) is 24.2 Å². The van der Waals surface area contributed by atoms with Crippen LogP contribution in [0.5, 0.6) is 0 Å². The smallest absolute Gasteiger partial charge is 0.326 e. The highest BCUT2D eigenvalue weighted by Crippen LogP contribution is 2.09. The van der Waals surface area contributed by atoms with Crippen molar-refractivity contribution in [2.45, 2.75) is 95.4 Å². The molecule has 0 saturated heterocycles. The van der Waals surface area contributed by atoms with Crippen LogP contribution in [0.25, 0.3) is 0 Å². The number of guanidine groups is 2. The summed E-state index contributed by atoms with van der Waals surface area (Å²) >= 11 is 0. The van der Waals surface area contributed by atoms with Gasteiger partial charge in [0.25, 0.3) is 0 Å². The molecule has 0 fully saturated rings. The Morgan fingerprint density at radius 3 is 1.58 bits per heavy atom. The number of carboxylic acids is 2. The van der Waals surface area contributed by atoms with Crippen molar-refractivity contribution in [3.63, 3.8) is 0 Å². The van der Waals surface area contributed by atoms with Crippen LogP contribution in [0.4, 0.5) is 0 Å². The van der Waals surface area contributed by atoms with E-state index < -0.39 is 90.9 Å². The number of carboxylic acid groups (broad SMARTS) is 2. The molecule has 0 aromatic heterocycles. The Bertz CT molecular complexity index is 1170. The Balaban J connectivity index is 5.92. The maximum absolute atomic E-state index is 13.5. The normalized spacial score (nSPS) is 13.8. The van der Waals surface area contributed by atoms with Crippen LogP contribution < -0.4 is 54.8 Å². The molecule has 0 radical (unpaired) electrons. The monoisotopic (exact) mass is 686 g/mol. The maximum Gasteiger partial charge on any atom is 0.326 e. The van der Waals surface area contributed by atoms with E-state index in [0.717, 1.165) is 0 Å². The molecule has 18 N–H and O–H groups in total. The molecule has 0 heterocycles. The van der Waals surface area contributed by atoms with Crippen LogP contribution in [-0.4, -0.2) is 107 Å². The largest absolute Gasteiger partial charge is 0.481 e. The fraction of sp³-hybridized carbons (Fsp3) is 0.667. The average Bonchev–Trinajstić information content (AvgIpc) is 2.96. The molecule has 0 spiro atoms. The van der Waals surface area contributed by atoms with E-state index in [-0.39, 0.29) is 56.6 Å². The van der Waals surface area contributed by atoms with Crippen molar-refractivity contribution in [1.82, 2.24) is 31.9 Å². The van der Waals surface area contributed by atoms with Gasteiger partial charge in [-0.25, -0.2) is 4.79 Å². The zero-order valence-corrected chi connectivity index (χ0v) is 27.1. The van der Waals surface area contributed by atoms with E-state index >= 15 is 0 Å². The minimum Gasteiger partial charge on any atom is -0.481 e. The van der Waals surface area contributed by atoms with E-state index in [0.29, 0.717) is 6.42 Å². The van der Waals surface area contributed by atoms with Gasteiger partial charge in [-0.05, 0) is 44.4 Å². The Morgan fingerprint density at radius 1 is 0.646 bits per heavy atom. The van der Waals surface area contributed by atoms with Gasteiger partial charge in [-0.15, -0.1) is 0 Å². The number of rotatable bonds is 24. The highest BCUT2D eigenvalue weighted by Gasteiger charge is 2.32. The lowest BCUT2D eigenvalue weighted by molar-refractivity contribution is -0.143. The molecule has 0 saturated carbocycles. The van der Waals surface area contributed by atoms with E-state index in [1.54, 1.807) is 13.8 Å². The van der Waals surface area contributed by atoms with Gasteiger partial charge in [-0.1, -0.05) is 13.8 Å². The topological polar surface area (TPSA) is 384 Å². The number of nitrogens with one attached hydrogen (secondary N) is 8. The summed E-state index contributed by atoms with van der Waals surface area (Å²) in [6.45, 7) is 3.87. The summed E-state index contributed by atoms with van der Waals surface area (Å²) in [6, 6.07) is -6.85. The molecule has 0 bridgehead atoms. The van der Waals surface area contributed by atoms with Crippen LogP contribution in [0.2, 0.25) is 0 Å². The van der Waals surface area contributed by atoms with Crippen molar-refractivity contribution in [3.05, 3.63) is 0 Å². The lowest BCUT2D eigenvalue weighted by Crippen LogP contribution is -2.59. The second-order valence-corrected chi connectivity index (χ2v) is 11.4. The first-order valence-electron chi connectivity index (χ1n) is 15.2. The molecule has 0 rings (SSSR count). The minimum atomic E-state index is -1.58. The number of primary amides is 1.